The zero-order valence-electron chi connectivity index (χ0n) is 19.8. The van der Waals surface area contributed by atoms with Gasteiger partial charge in [0.2, 0.25) is 0 Å². The van der Waals surface area contributed by atoms with Crippen molar-refractivity contribution in [3.63, 3.8) is 0 Å². The number of phenolic OH excluding ortho intramolecular Hbond substituents is 3. The average molecular weight is 468 g/mol. The normalized spacial score (nSPS) is 9.88. The monoisotopic (exact) mass is 467 g/mol. The molecule has 0 saturated heterocycles. The number of aryl methyl sites for hydroxylation is 3. The van der Waals surface area contributed by atoms with Crippen LogP contribution in [-0.4, -0.2) is 42.6 Å². The highest BCUT2D eigenvalue weighted by molar-refractivity contribution is 5.84. The molecule has 0 atom stereocenters. The number of nitrogens with zero attached hydrogens (tertiary/aromatic N) is 2. The Hall–Kier alpha value is -3.59. The van der Waals surface area contributed by atoms with Gasteiger partial charge in [-0.3, -0.25) is 0 Å². The molecule has 2 aromatic heterocycles. The number of aromatic nitrogens is 2. The second kappa shape index (κ2) is 12.0. The summed E-state index contributed by atoms with van der Waals surface area (Å²) in [5.41, 5.74) is 5.30. The zero-order chi connectivity index (χ0) is 24.0. The highest BCUT2D eigenvalue weighted by atomic mass is 27.0. The summed E-state index contributed by atoms with van der Waals surface area (Å²) in [6, 6.07) is 24.1. The van der Waals surface area contributed by atoms with Gasteiger partial charge in [0.15, 0.2) is 0 Å². The van der Waals surface area contributed by atoms with Gasteiger partial charge >= 0.3 is 0 Å². The van der Waals surface area contributed by atoms with E-state index < -0.39 is 0 Å². The van der Waals surface area contributed by atoms with Crippen LogP contribution in [0.3, 0.4) is 0 Å². The molecule has 3 radical (unpaired) electrons. The minimum atomic E-state index is 0. The number of benzene rings is 3. The predicted octanol–water partition coefficient (Wildman–Crippen LogP) is 6.13. The molecule has 0 aliphatic heterocycles. The number of pyridine rings is 2. The Kier molecular flexibility index (Phi) is 9.44. The van der Waals surface area contributed by atoms with Crippen LogP contribution in [0.25, 0.3) is 21.8 Å². The second-order valence-electron chi connectivity index (χ2n) is 7.82. The van der Waals surface area contributed by atoms with Gasteiger partial charge in [-0.1, -0.05) is 48.5 Å². The minimum absolute atomic E-state index is 0. The maximum absolute atomic E-state index is 9.43. The molecular formula is C28H28AlN2O3. The number of hydrogen-bond acceptors (Lipinski definition) is 5. The molecule has 5 aromatic rings. The van der Waals surface area contributed by atoms with Gasteiger partial charge < -0.3 is 15.3 Å². The van der Waals surface area contributed by atoms with E-state index in [1.807, 2.05) is 88.4 Å². The molecule has 0 bridgehead atoms. The Morgan fingerprint density at radius 3 is 1.32 bits per heavy atom. The quantitative estimate of drug-likeness (QED) is 0.239. The maximum atomic E-state index is 9.43. The minimum Gasteiger partial charge on any atom is -0.508 e. The summed E-state index contributed by atoms with van der Waals surface area (Å²) in [7, 11) is 0. The highest BCUT2D eigenvalue weighted by Crippen LogP contribution is 2.23. The van der Waals surface area contributed by atoms with Gasteiger partial charge in [-0.15, -0.1) is 0 Å². The van der Waals surface area contributed by atoms with Crippen molar-refractivity contribution < 1.29 is 15.3 Å². The van der Waals surface area contributed by atoms with Crippen molar-refractivity contribution in [2.24, 2.45) is 0 Å². The maximum Gasteiger partial charge on any atom is 0.141 e. The lowest BCUT2D eigenvalue weighted by Crippen LogP contribution is -1.82. The first-order chi connectivity index (χ1) is 15.8. The van der Waals surface area contributed by atoms with Crippen LogP contribution in [0.5, 0.6) is 17.2 Å². The summed E-state index contributed by atoms with van der Waals surface area (Å²) in [5.74, 6) is 0.877. The standard InChI is InChI=1S/2C10H9NO.C8H10O.Al/c2*1-7-5-6-8-3-2-4-9(12)10(8)11-7;1-6-4-3-5-8(9)7(6)2;/h2*2-6,12H,1H3;3-5,9H,1-2H3;. The number of fused-ring (bicyclic) bond motifs is 2. The van der Waals surface area contributed by atoms with Crippen molar-refractivity contribution in [2.45, 2.75) is 27.7 Å². The largest absolute Gasteiger partial charge is 0.508 e. The van der Waals surface area contributed by atoms with Crippen LogP contribution < -0.4 is 0 Å². The van der Waals surface area contributed by atoms with Gasteiger partial charge in [-0.05, 0) is 69.2 Å². The summed E-state index contributed by atoms with van der Waals surface area (Å²) >= 11 is 0. The van der Waals surface area contributed by atoms with E-state index in [-0.39, 0.29) is 28.9 Å². The molecule has 5 rings (SSSR count). The van der Waals surface area contributed by atoms with E-state index >= 15 is 0 Å². The topological polar surface area (TPSA) is 86.5 Å². The van der Waals surface area contributed by atoms with E-state index in [4.69, 9.17) is 5.11 Å². The molecule has 0 aliphatic rings. The van der Waals surface area contributed by atoms with Gasteiger partial charge in [0.25, 0.3) is 0 Å². The van der Waals surface area contributed by atoms with Gasteiger partial charge in [-0.25, -0.2) is 9.97 Å². The average Bonchev–Trinajstić information content (AvgIpc) is 2.80. The van der Waals surface area contributed by atoms with Crippen LogP contribution in [-0.2, 0) is 0 Å². The number of aromatic hydroxyl groups is 3. The fourth-order valence-corrected chi connectivity index (χ4v) is 3.19. The van der Waals surface area contributed by atoms with E-state index in [9.17, 15) is 10.2 Å². The molecule has 0 unspecified atom stereocenters. The van der Waals surface area contributed by atoms with Crippen LogP contribution in [0, 0.1) is 27.7 Å². The fraction of sp³-hybridized carbons (Fsp3) is 0.143. The first-order valence-electron chi connectivity index (χ1n) is 10.6. The molecule has 0 fully saturated rings. The van der Waals surface area contributed by atoms with E-state index in [1.165, 1.54) is 0 Å². The van der Waals surface area contributed by atoms with Crippen molar-refractivity contribution in [2.75, 3.05) is 0 Å². The van der Waals surface area contributed by atoms with Crippen molar-refractivity contribution in [3.05, 3.63) is 101 Å². The molecule has 34 heavy (non-hydrogen) atoms. The van der Waals surface area contributed by atoms with Crippen LogP contribution in [0.2, 0.25) is 0 Å². The second-order valence-corrected chi connectivity index (χ2v) is 7.82. The number of rotatable bonds is 0. The lowest BCUT2D eigenvalue weighted by molar-refractivity contribution is 0.470. The fourth-order valence-electron chi connectivity index (χ4n) is 3.19. The smallest absolute Gasteiger partial charge is 0.141 e. The van der Waals surface area contributed by atoms with Crippen LogP contribution in [0.4, 0.5) is 0 Å². The lowest BCUT2D eigenvalue weighted by atomic mass is 10.1. The van der Waals surface area contributed by atoms with Crippen LogP contribution >= 0.6 is 0 Å². The van der Waals surface area contributed by atoms with Gasteiger partial charge in [0, 0.05) is 39.5 Å². The third kappa shape index (κ3) is 6.71. The summed E-state index contributed by atoms with van der Waals surface area (Å²) < 4.78 is 0. The number of phenols is 3. The third-order valence-corrected chi connectivity index (χ3v) is 5.25. The predicted molar refractivity (Wildman–Crippen MR) is 140 cm³/mol. The molecule has 0 aliphatic carbocycles. The Bertz CT molecular complexity index is 1300. The molecule has 3 aromatic carbocycles. The summed E-state index contributed by atoms with van der Waals surface area (Å²) in [4.78, 5) is 8.45. The van der Waals surface area contributed by atoms with E-state index in [0.717, 1.165) is 33.3 Å². The Balaban J connectivity index is 0.000000180. The van der Waals surface area contributed by atoms with Crippen LogP contribution in [0.15, 0.2) is 78.9 Å². The van der Waals surface area contributed by atoms with Crippen molar-refractivity contribution in [1.82, 2.24) is 9.97 Å². The van der Waals surface area contributed by atoms with E-state index in [1.54, 1.807) is 18.2 Å². The van der Waals surface area contributed by atoms with Gasteiger partial charge in [0.1, 0.15) is 28.3 Å². The molecule has 0 spiro atoms. The molecule has 0 saturated carbocycles. The van der Waals surface area contributed by atoms with Gasteiger partial charge in [-0.2, -0.15) is 0 Å². The number of hydrogen-bond donors (Lipinski definition) is 3. The summed E-state index contributed by atoms with van der Waals surface area (Å²) in [5, 5.41) is 29.9. The van der Waals surface area contributed by atoms with Crippen molar-refractivity contribution in [1.29, 1.82) is 0 Å². The summed E-state index contributed by atoms with van der Waals surface area (Å²) in [6.45, 7) is 7.71. The van der Waals surface area contributed by atoms with E-state index in [0.29, 0.717) is 16.8 Å². The number of para-hydroxylation sites is 2. The Morgan fingerprint density at radius 1 is 0.500 bits per heavy atom. The third-order valence-electron chi connectivity index (χ3n) is 5.25. The van der Waals surface area contributed by atoms with Gasteiger partial charge in [0.05, 0.1) is 0 Å². The first-order valence-corrected chi connectivity index (χ1v) is 10.6. The molecule has 5 nitrogen and oxygen atoms in total. The van der Waals surface area contributed by atoms with E-state index in [2.05, 4.69) is 9.97 Å². The lowest BCUT2D eigenvalue weighted by Gasteiger charge is -1.99. The van der Waals surface area contributed by atoms with Crippen molar-refractivity contribution >= 4 is 39.2 Å². The Labute approximate surface area is 210 Å². The SMILES string of the molecule is Cc1ccc2cccc(O)c2n1.Cc1ccc2cccc(O)c2n1.Cc1cccc(O)c1C.[Al]. The molecule has 171 valence electrons. The molecule has 3 N–H and O–H groups in total. The highest BCUT2D eigenvalue weighted by Gasteiger charge is 2.00. The molecular weight excluding hydrogens is 439 g/mol. The summed E-state index contributed by atoms with van der Waals surface area (Å²) in [6.07, 6.45) is 0. The zero-order valence-corrected chi connectivity index (χ0v) is 21.0. The van der Waals surface area contributed by atoms with Crippen molar-refractivity contribution in [3.8, 4) is 17.2 Å². The molecule has 0 amide bonds. The first kappa shape index (κ1) is 26.7. The Morgan fingerprint density at radius 2 is 0.912 bits per heavy atom. The van der Waals surface area contributed by atoms with Crippen LogP contribution in [0.1, 0.15) is 22.5 Å². The molecule has 6 heteroatoms. The molecule has 2 heterocycles.